The molecule has 0 aliphatic rings. The summed E-state index contributed by atoms with van der Waals surface area (Å²) in [6.07, 6.45) is 0. The van der Waals surface area contributed by atoms with Crippen molar-refractivity contribution in [1.82, 2.24) is 15.2 Å². The van der Waals surface area contributed by atoms with Gasteiger partial charge in [-0.3, -0.25) is 14.6 Å². The highest BCUT2D eigenvalue weighted by molar-refractivity contribution is 5.95. The second kappa shape index (κ2) is 8.48. The number of hydrogen-bond donors (Lipinski definition) is 1. The van der Waals surface area contributed by atoms with E-state index in [0.717, 1.165) is 16.8 Å². The minimum Gasteiger partial charge on any atom is -0.355 e. The summed E-state index contributed by atoms with van der Waals surface area (Å²) in [5.41, 5.74) is 4.71. The van der Waals surface area contributed by atoms with Gasteiger partial charge in [0.25, 0.3) is 11.8 Å². The molecule has 0 spiro atoms. The first kappa shape index (κ1) is 19.3. The molecular weight excluding hydrogens is 350 g/mol. The molecule has 5 nitrogen and oxygen atoms in total. The third-order valence-electron chi connectivity index (χ3n) is 4.60. The van der Waals surface area contributed by atoms with Gasteiger partial charge in [0.2, 0.25) is 0 Å². The van der Waals surface area contributed by atoms with Gasteiger partial charge in [-0.2, -0.15) is 0 Å². The second-order valence-corrected chi connectivity index (χ2v) is 6.63. The SMILES string of the molecule is CNC(=O)c1ccc(CN(C)C(=O)c2ccc(-c3ccccc3)nc2C)cc1. The summed E-state index contributed by atoms with van der Waals surface area (Å²) in [7, 11) is 3.36. The van der Waals surface area contributed by atoms with Crippen LogP contribution in [-0.4, -0.2) is 35.8 Å². The van der Waals surface area contributed by atoms with Crippen molar-refractivity contribution < 1.29 is 9.59 Å². The van der Waals surface area contributed by atoms with E-state index in [0.29, 0.717) is 23.4 Å². The van der Waals surface area contributed by atoms with Crippen LogP contribution in [0, 0.1) is 6.92 Å². The molecule has 2 aromatic carbocycles. The van der Waals surface area contributed by atoms with Crippen LogP contribution in [0.25, 0.3) is 11.3 Å². The highest BCUT2D eigenvalue weighted by atomic mass is 16.2. The van der Waals surface area contributed by atoms with Crippen LogP contribution in [-0.2, 0) is 6.54 Å². The lowest BCUT2D eigenvalue weighted by Crippen LogP contribution is -2.27. The van der Waals surface area contributed by atoms with E-state index in [4.69, 9.17) is 0 Å². The van der Waals surface area contributed by atoms with Crippen LogP contribution in [0.5, 0.6) is 0 Å². The number of aryl methyl sites for hydroxylation is 1. The first-order valence-electron chi connectivity index (χ1n) is 9.09. The normalized spacial score (nSPS) is 10.4. The summed E-state index contributed by atoms with van der Waals surface area (Å²) in [6, 6.07) is 20.8. The van der Waals surface area contributed by atoms with E-state index in [-0.39, 0.29) is 11.8 Å². The van der Waals surface area contributed by atoms with E-state index in [9.17, 15) is 9.59 Å². The fourth-order valence-corrected chi connectivity index (χ4v) is 3.01. The van der Waals surface area contributed by atoms with Crippen LogP contribution in [0.15, 0.2) is 66.7 Å². The molecule has 0 aliphatic heterocycles. The predicted octanol–water partition coefficient (Wildman–Crippen LogP) is 3.69. The molecule has 1 aromatic heterocycles. The molecule has 1 N–H and O–H groups in total. The average Bonchev–Trinajstić information content (AvgIpc) is 2.73. The van der Waals surface area contributed by atoms with Gasteiger partial charge in [0, 0.05) is 31.8 Å². The van der Waals surface area contributed by atoms with E-state index in [1.165, 1.54) is 0 Å². The highest BCUT2D eigenvalue weighted by Crippen LogP contribution is 2.20. The maximum atomic E-state index is 12.9. The van der Waals surface area contributed by atoms with Gasteiger partial charge in [-0.05, 0) is 36.8 Å². The smallest absolute Gasteiger partial charge is 0.255 e. The lowest BCUT2D eigenvalue weighted by molar-refractivity contribution is 0.0783. The Bertz CT molecular complexity index is 982. The Labute approximate surface area is 165 Å². The first-order chi connectivity index (χ1) is 13.5. The quantitative estimate of drug-likeness (QED) is 0.742. The molecule has 0 radical (unpaired) electrons. The number of hydrogen-bond acceptors (Lipinski definition) is 3. The van der Waals surface area contributed by atoms with Crippen LogP contribution in [0.3, 0.4) is 0 Å². The van der Waals surface area contributed by atoms with Gasteiger partial charge >= 0.3 is 0 Å². The molecule has 0 saturated carbocycles. The molecule has 0 unspecified atom stereocenters. The molecule has 5 heteroatoms. The Balaban J connectivity index is 1.73. The fourth-order valence-electron chi connectivity index (χ4n) is 3.01. The van der Waals surface area contributed by atoms with Gasteiger partial charge in [0.05, 0.1) is 17.0 Å². The molecular formula is C23H23N3O2. The predicted molar refractivity (Wildman–Crippen MR) is 110 cm³/mol. The third-order valence-corrected chi connectivity index (χ3v) is 4.60. The van der Waals surface area contributed by atoms with Gasteiger partial charge in [-0.15, -0.1) is 0 Å². The summed E-state index contributed by atoms with van der Waals surface area (Å²) in [5, 5.41) is 2.59. The number of nitrogens with one attached hydrogen (secondary N) is 1. The van der Waals surface area contributed by atoms with Crippen molar-refractivity contribution in [3.8, 4) is 11.3 Å². The number of carbonyl (C=O) groups is 2. The largest absolute Gasteiger partial charge is 0.355 e. The van der Waals surface area contributed by atoms with Crippen molar-refractivity contribution in [3.63, 3.8) is 0 Å². The van der Waals surface area contributed by atoms with Crippen LogP contribution < -0.4 is 5.32 Å². The van der Waals surface area contributed by atoms with Crippen molar-refractivity contribution in [3.05, 3.63) is 89.1 Å². The van der Waals surface area contributed by atoms with Gasteiger partial charge < -0.3 is 10.2 Å². The zero-order chi connectivity index (χ0) is 20.1. The minimum absolute atomic E-state index is 0.0833. The maximum absolute atomic E-state index is 12.9. The van der Waals surface area contributed by atoms with E-state index >= 15 is 0 Å². The third kappa shape index (κ3) is 4.26. The topological polar surface area (TPSA) is 62.3 Å². The number of pyridine rings is 1. The van der Waals surface area contributed by atoms with Crippen molar-refractivity contribution in [2.45, 2.75) is 13.5 Å². The summed E-state index contributed by atoms with van der Waals surface area (Å²) in [6.45, 7) is 2.30. The molecule has 0 atom stereocenters. The molecule has 28 heavy (non-hydrogen) atoms. The van der Waals surface area contributed by atoms with Gasteiger partial charge in [-0.25, -0.2) is 0 Å². The summed E-state index contributed by atoms with van der Waals surface area (Å²) < 4.78 is 0. The van der Waals surface area contributed by atoms with Gasteiger partial charge in [-0.1, -0.05) is 42.5 Å². The number of aromatic nitrogens is 1. The zero-order valence-electron chi connectivity index (χ0n) is 16.3. The van der Waals surface area contributed by atoms with Crippen molar-refractivity contribution >= 4 is 11.8 Å². The van der Waals surface area contributed by atoms with Crippen LogP contribution in [0.1, 0.15) is 32.0 Å². The first-order valence-corrected chi connectivity index (χ1v) is 9.09. The molecule has 0 bridgehead atoms. The number of benzene rings is 2. The molecule has 0 fully saturated rings. The monoisotopic (exact) mass is 373 g/mol. The van der Waals surface area contributed by atoms with Gasteiger partial charge in [0.15, 0.2) is 0 Å². The number of amides is 2. The van der Waals surface area contributed by atoms with Crippen molar-refractivity contribution in [2.75, 3.05) is 14.1 Å². The summed E-state index contributed by atoms with van der Waals surface area (Å²) in [4.78, 5) is 30.7. The molecule has 3 rings (SSSR count). The lowest BCUT2D eigenvalue weighted by Gasteiger charge is -2.19. The van der Waals surface area contributed by atoms with Crippen LogP contribution >= 0.6 is 0 Å². The maximum Gasteiger partial charge on any atom is 0.255 e. The highest BCUT2D eigenvalue weighted by Gasteiger charge is 2.16. The van der Waals surface area contributed by atoms with Crippen molar-refractivity contribution in [1.29, 1.82) is 0 Å². The Kier molecular flexibility index (Phi) is 5.84. The van der Waals surface area contributed by atoms with E-state index in [1.807, 2.05) is 61.5 Å². The molecule has 1 heterocycles. The lowest BCUT2D eigenvalue weighted by atomic mass is 10.1. The second-order valence-electron chi connectivity index (χ2n) is 6.63. The van der Waals surface area contributed by atoms with Crippen LogP contribution in [0.2, 0.25) is 0 Å². The standard InChI is InChI=1S/C23H23N3O2/c1-16-20(13-14-21(25-16)18-7-5-4-6-8-18)23(28)26(3)15-17-9-11-19(12-10-17)22(27)24-2/h4-14H,15H2,1-3H3,(H,24,27). The van der Waals surface area contributed by atoms with E-state index in [2.05, 4.69) is 10.3 Å². The Morgan fingerprint density at radius 1 is 0.964 bits per heavy atom. The fraction of sp³-hybridized carbons (Fsp3) is 0.174. The van der Waals surface area contributed by atoms with Gasteiger partial charge in [0.1, 0.15) is 0 Å². The molecule has 0 saturated heterocycles. The number of nitrogens with zero attached hydrogens (tertiary/aromatic N) is 2. The Morgan fingerprint density at radius 2 is 1.64 bits per heavy atom. The summed E-state index contributed by atoms with van der Waals surface area (Å²) >= 11 is 0. The zero-order valence-corrected chi connectivity index (χ0v) is 16.3. The number of carbonyl (C=O) groups excluding carboxylic acids is 2. The minimum atomic E-state index is -0.129. The Morgan fingerprint density at radius 3 is 2.25 bits per heavy atom. The molecule has 2 amide bonds. The summed E-state index contributed by atoms with van der Waals surface area (Å²) in [5.74, 6) is -0.212. The van der Waals surface area contributed by atoms with E-state index in [1.54, 1.807) is 31.1 Å². The average molecular weight is 373 g/mol. The number of rotatable bonds is 5. The Hall–Kier alpha value is -3.47. The van der Waals surface area contributed by atoms with E-state index < -0.39 is 0 Å². The molecule has 3 aromatic rings. The van der Waals surface area contributed by atoms with Crippen LogP contribution in [0.4, 0.5) is 0 Å². The molecule has 142 valence electrons. The molecule has 0 aliphatic carbocycles. The van der Waals surface area contributed by atoms with Crippen molar-refractivity contribution in [2.24, 2.45) is 0 Å².